The van der Waals surface area contributed by atoms with Crippen molar-refractivity contribution in [1.82, 2.24) is 14.8 Å². The molecule has 1 fully saturated rings. The van der Waals surface area contributed by atoms with E-state index in [0.717, 1.165) is 24.9 Å². The minimum Gasteiger partial charge on any atom is -0.507 e. The summed E-state index contributed by atoms with van der Waals surface area (Å²) in [6.45, 7) is 5.77. The van der Waals surface area contributed by atoms with Crippen LogP contribution in [-0.2, 0) is 9.59 Å². The molecular formula is C26H33N3O4. The first kappa shape index (κ1) is 24.5. The Morgan fingerprint density at radius 1 is 1.21 bits per heavy atom. The van der Waals surface area contributed by atoms with Crippen LogP contribution in [0.3, 0.4) is 0 Å². The first-order chi connectivity index (χ1) is 15.8. The molecule has 1 saturated heterocycles. The molecule has 7 nitrogen and oxygen atoms in total. The normalized spacial score (nSPS) is 17.7. The smallest absolute Gasteiger partial charge is 0.295 e. The molecule has 33 heavy (non-hydrogen) atoms. The van der Waals surface area contributed by atoms with E-state index in [1.165, 1.54) is 0 Å². The SMILES string of the molecule is CCCCOc1ccc(C(O)=C2C(=O)C(=O)N(CCCN(C)C)[C@@H]2c2cccnc2)c(C)c1. The fourth-order valence-electron chi connectivity index (χ4n) is 4.02. The lowest BCUT2D eigenvalue weighted by Gasteiger charge is -2.25. The number of Topliss-reactive ketones (excluding diaryl/α,β-unsaturated/α-hetero) is 1. The second-order valence-corrected chi connectivity index (χ2v) is 8.61. The minimum absolute atomic E-state index is 0.0978. The predicted octanol–water partition coefficient (Wildman–Crippen LogP) is 3.94. The van der Waals surface area contributed by atoms with Gasteiger partial charge in [0.15, 0.2) is 0 Å². The van der Waals surface area contributed by atoms with Crippen molar-refractivity contribution >= 4 is 17.4 Å². The van der Waals surface area contributed by atoms with Gasteiger partial charge in [-0.15, -0.1) is 0 Å². The number of rotatable bonds is 10. The largest absolute Gasteiger partial charge is 0.507 e. The number of aryl methyl sites for hydroxylation is 1. The van der Waals surface area contributed by atoms with Crippen molar-refractivity contribution in [3.8, 4) is 5.75 Å². The van der Waals surface area contributed by atoms with Crippen LogP contribution in [0.15, 0.2) is 48.3 Å². The van der Waals surface area contributed by atoms with Crippen molar-refractivity contribution in [2.45, 2.75) is 39.2 Å². The number of ether oxygens (including phenoxy) is 1. The number of ketones is 1. The fraction of sp³-hybridized carbons (Fsp3) is 0.423. The molecule has 0 aliphatic carbocycles. The van der Waals surface area contributed by atoms with E-state index in [4.69, 9.17) is 4.74 Å². The quantitative estimate of drug-likeness (QED) is 0.255. The monoisotopic (exact) mass is 451 g/mol. The zero-order valence-corrected chi connectivity index (χ0v) is 19.9. The number of amides is 1. The lowest BCUT2D eigenvalue weighted by atomic mass is 9.94. The fourth-order valence-corrected chi connectivity index (χ4v) is 4.02. The molecule has 0 spiro atoms. The average molecular weight is 452 g/mol. The highest BCUT2D eigenvalue weighted by Gasteiger charge is 2.46. The highest BCUT2D eigenvalue weighted by atomic mass is 16.5. The number of hydrogen-bond acceptors (Lipinski definition) is 6. The van der Waals surface area contributed by atoms with Crippen LogP contribution in [0.25, 0.3) is 5.76 Å². The van der Waals surface area contributed by atoms with Gasteiger partial charge in [-0.2, -0.15) is 0 Å². The zero-order valence-electron chi connectivity index (χ0n) is 19.9. The van der Waals surface area contributed by atoms with Crippen LogP contribution >= 0.6 is 0 Å². The van der Waals surface area contributed by atoms with Gasteiger partial charge >= 0.3 is 0 Å². The van der Waals surface area contributed by atoms with Gasteiger partial charge in [-0.1, -0.05) is 19.4 Å². The van der Waals surface area contributed by atoms with Crippen LogP contribution in [0.1, 0.15) is 48.9 Å². The van der Waals surface area contributed by atoms with Gasteiger partial charge in [0.25, 0.3) is 11.7 Å². The molecule has 0 saturated carbocycles. The van der Waals surface area contributed by atoms with Crippen molar-refractivity contribution in [2.24, 2.45) is 0 Å². The van der Waals surface area contributed by atoms with Gasteiger partial charge < -0.3 is 19.6 Å². The van der Waals surface area contributed by atoms with E-state index < -0.39 is 17.7 Å². The van der Waals surface area contributed by atoms with Crippen LogP contribution in [0, 0.1) is 6.92 Å². The molecule has 0 radical (unpaired) electrons. The Hall–Kier alpha value is -3.19. The van der Waals surface area contributed by atoms with Crippen LogP contribution in [-0.4, -0.2) is 65.4 Å². The van der Waals surface area contributed by atoms with E-state index in [9.17, 15) is 14.7 Å². The molecule has 3 rings (SSSR count). The maximum Gasteiger partial charge on any atom is 0.295 e. The Morgan fingerprint density at radius 2 is 2.00 bits per heavy atom. The number of aliphatic hydroxyl groups excluding tert-OH is 1. The molecule has 1 atom stereocenters. The molecule has 2 aromatic rings. The second-order valence-electron chi connectivity index (χ2n) is 8.61. The lowest BCUT2D eigenvalue weighted by Crippen LogP contribution is -2.32. The van der Waals surface area contributed by atoms with Crippen molar-refractivity contribution in [3.05, 3.63) is 65.0 Å². The van der Waals surface area contributed by atoms with Crippen LogP contribution in [0.4, 0.5) is 0 Å². The van der Waals surface area contributed by atoms with Gasteiger partial charge in [0.05, 0.1) is 18.2 Å². The molecule has 2 heterocycles. The lowest BCUT2D eigenvalue weighted by molar-refractivity contribution is -0.139. The molecule has 1 aromatic carbocycles. The molecule has 7 heteroatoms. The molecule has 1 amide bonds. The summed E-state index contributed by atoms with van der Waals surface area (Å²) in [5.41, 5.74) is 2.07. The van der Waals surface area contributed by atoms with Crippen molar-refractivity contribution in [2.75, 3.05) is 33.8 Å². The number of hydrogen-bond donors (Lipinski definition) is 1. The molecule has 1 N–H and O–H groups in total. The molecule has 1 aliphatic heterocycles. The summed E-state index contributed by atoms with van der Waals surface area (Å²) in [7, 11) is 3.93. The maximum absolute atomic E-state index is 13.1. The highest BCUT2D eigenvalue weighted by Crippen LogP contribution is 2.40. The van der Waals surface area contributed by atoms with E-state index in [0.29, 0.717) is 36.4 Å². The standard InChI is InChI=1S/C26H33N3O4/c1-5-6-15-33-20-10-11-21(18(2)16-20)24(30)22-23(19-9-7-12-27-17-19)29(26(32)25(22)31)14-8-13-28(3)4/h7,9-12,16-17,23,30H,5-6,8,13-15H2,1-4H3/t23-/m1/s1. The Kier molecular flexibility index (Phi) is 8.22. The molecule has 1 aliphatic rings. The number of unbranched alkanes of at least 4 members (excludes halogenated alkanes) is 1. The number of pyridine rings is 1. The molecule has 0 unspecified atom stereocenters. The van der Waals surface area contributed by atoms with E-state index in [1.54, 1.807) is 35.5 Å². The third kappa shape index (κ3) is 5.60. The van der Waals surface area contributed by atoms with Gasteiger partial charge in [-0.3, -0.25) is 14.6 Å². The average Bonchev–Trinajstić information content (AvgIpc) is 3.04. The Balaban J connectivity index is 2.00. The third-order valence-electron chi connectivity index (χ3n) is 5.76. The third-order valence-corrected chi connectivity index (χ3v) is 5.76. The Bertz CT molecular complexity index is 1020. The summed E-state index contributed by atoms with van der Waals surface area (Å²) in [4.78, 5) is 33.8. The second kappa shape index (κ2) is 11.1. The van der Waals surface area contributed by atoms with E-state index >= 15 is 0 Å². The van der Waals surface area contributed by atoms with Crippen molar-refractivity contribution in [3.63, 3.8) is 0 Å². The summed E-state index contributed by atoms with van der Waals surface area (Å²) >= 11 is 0. The number of aliphatic hydroxyl groups is 1. The predicted molar refractivity (Wildman–Crippen MR) is 128 cm³/mol. The summed E-state index contributed by atoms with van der Waals surface area (Å²) in [6.07, 6.45) is 5.99. The number of benzene rings is 1. The molecular weight excluding hydrogens is 418 g/mol. The van der Waals surface area contributed by atoms with Crippen LogP contribution < -0.4 is 4.74 Å². The van der Waals surface area contributed by atoms with E-state index in [1.807, 2.05) is 38.1 Å². The number of likely N-dealkylation sites (tertiary alicyclic amines) is 1. The van der Waals surface area contributed by atoms with Gasteiger partial charge in [-0.05, 0) is 75.8 Å². The summed E-state index contributed by atoms with van der Waals surface area (Å²) in [5.74, 6) is -0.726. The Labute approximate surface area is 195 Å². The summed E-state index contributed by atoms with van der Waals surface area (Å²) < 4.78 is 5.76. The Morgan fingerprint density at radius 3 is 2.64 bits per heavy atom. The van der Waals surface area contributed by atoms with Gasteiger partial charge in [0.2, 0.25) is 0 Å². The molecule has 1 aromatic heterocycles. The van der Waals surface area contributed by atoms with Gasteiger partial charge in [0.1, 0.15) is 11.5 Å². The highest BCUT2D eigenvalue weighted by molar-refractivity contribution is 6.46. The topological polar surface area (TPSA) is 83.0 Å². The number of carbonyl (C=O) groups excluding carboxylic acids is 2. The number of nitrogens with zero attached hydrogens (tertiary/aromatic N) is 3. The summed E-state index contributed by atoms with van der Waals surface area (Å²) in [6, 6.07) is 8.28. The van der Waals surface area contributed by atoms with Crippen molar-refractivity contribution < 1.29 is 19.4 Å². The number of carbonyl (C=O) groups is 2. The molecule has 176 valence electrons. The minimum atomic E-state index is -0.680. The summed E-state index contributed by atoms with van der Waals surface area (Å²) in [5, 5.41) is 11.3. The van der Waals surface area contributed by atoms with Gasteiger partial charge in [-0.25, -0.2) is 0 Å². The van der Waals surface area contributed by atoms with Crippen LogP contribution in [0.5, 0.6) is 5.75 Å². The van der Waals surface area contributed by atoms with E-state index in [-0.39, 0.29) is 11.3 Å². The maximum atomic E-state index is 13.1. The van der Waals surface area contributed by atoms with Gasteiger partial charge in [0, 0.05) is 24.5 Å². The molecule has 0 bridgehead atoms. The first-order valence-corrected chi connectivity index (χ1v) is 11.4. The van der Waals surface area contributed by atoms with Crippen molar-refractivity contribution in [1.29, 1.82) is 0 Å². The first-order valence-electron chi connectivity index (χ1n) is 11.4. The zero-order chi connectivity index (χ0) is 24.0. The number of aromatic nitrogens is 1. The van der Waals surface area contributed by atoms with Crippen LogP contribution in [0.2, 0.25) is 0 Å². The van der Waals surface area contributed by atoms with E-state index in [2.05, 4.69) is 11.9 Å².